The average molecular weight is 345 g/mol. The predicted octanol–water partition coefficient (Wildman–Crippen LogP) is 3.59. The van der Waals surface area contributed by atoms with Crippen molar-refractivity contribution >= 4 is 39.4 Å². The summed E-state index contributed by atoms with van der Waals surface area (Å²) in [6, 6.07) is 5.44. The van der Waals surface area contributed by atoms with Crippen molar-refractivity contribution in [3.8, 4) is 0 Å². The van der Waals surface area contributed by atoms with Crippen molar-refractivity contribution in [3.05, 3.63) is 51.0 Å². The molecule has 0 fully saturated rings. The lowest BCUT2D eigenvalue weighted by Crippen LogP contribution is -2.14. The summed E-state index contributed by atoms with van der Waals surface area (Å²) < 4.78 is 13.7. The van der Waals surface area contributed by atoms with Crippen LogP contribution in [0, 0.1) is 12.7 Å². The van der Waals surface area contributed by atoms with Gasteiger partial charge in [0.1, 0.15) is 11.0 Å². The normalized spacial score (nSPS) is 10.3. The number of anilines is 1. The van der Waals surface area contributed by atoms with Gasteiger partial charge in [-0.25, -0.2) is 14.4 Å². The molecule has 0 spiro atoms. The number of halogens is 3. The van der Waals surface area contributed by atoms with Crippen LogP contribution in [-0.4, -0.2) is 15.9 Å². The maximum atomic E-state index is 13.2. The smallest absolute Gasteiger partial charge is 0.258 e. The van der Waals surface area contributed by atoms with Crippen LogP contribution in [0.25, 0.3) is 0 Å². The zero-order valence-electron chi connectivity index (χ0n) is 9.75. The molecule has 1 aromatic heterocycles. The largest absolute Gasteiger partial charge is 0.290 e. The van der Waals surface area contributed by atoms with E-state index in [2.05, 4.69) is 31.2 Å². The van der Waals surface area contributed by atoms with Crippen LogP contribution in [0.4, 0.5) is 10.3 Å². The molecule has 0 bridgehead atoms. The highest BCUT2D eigenvalue weighted by molar-refractivity contribution is 9.10. The van der Waals surface area contributed by atoms with E-state index in [1.165, 1.54) is 12.1 Å². The number of benzene rings is 1. The number of amides is 1. The minimum absolute atomic E-state index is 0.0791. The summed E-state index contributed by atoms with van der Waals surface area (Å²) in [6.45, 7) is 1.72. The molecule has 0 saturated heterocycles. The second-order valence-corrected chi connectivity index (χ2v) is 5.07. The van der Waals surface area contributed by atoms with Crippen LogP contribution < -0.4 is 5.32 Å². The molecule has 1 amide bonds. The number of aryl methyl sites for hydroxylation is 1. The van der Waals surface area contributed by atoms with E-state index >= 15 is 0 Å². The standard InChI is InChI=1S/C12H8BrClFN3O/c1-6-2-10(14)17-12(16-6)18-11(19)7-3-8(13)5-9(15)4-7/h2-5H,1H3,(H,16,17,18,19). The minimum Gasteiger partial charge on any atom is -0.290 e. The number of nitrogens with one attached hydrogen (secondary N) is 1. The Hall–Kier alpha value is -1.53. The van der Waals surface area contributed by atoms with Crippen LogP contribution in [0.15, 0.2) is 28.7 Å². The van der Waals surface area contributed by atoms with Crippen LogP contribution in [0.1, 0.15) is 16.1 Å². The van der Waals surface area contributed by atoms with Gasteiger partial charge in [-0.1, -0.05) is 27.5 Å². The molecular formula is C12H8BrClFN3O. The maximum Gasteiger partial charge on any atom is 0.258 e. The lowest BCUT2D eigenvalue weighted by atomic mass is 10.2. The molecule has 0 radical (unpaired) electrons. The Bertz CT molecular complexity index is 610. The highest BCUT2D eigenvalue weighted by atomic mass is 79.9. The van der Waals surface area contributed by atoms with Gasteiger partial charge < -0.3 is 0 Å². The third-order valence-electron chi connectivity index (χ3n) is 2.17. The summed E-state index contributed by atoms with van der Waals surface area (Å²) in [5, 5.41) is 2.69. The SMILES string of the molecule is Cc1cc(Cl)nc(NC(=O)c2cc(F)cc(Br)c2)n1. The highest BCUT2D eigenvalue weighted by Crippen LogP contribution is 2.16. The van der Waals surface area contributed by atoms with Gasteiger partial charge in [0.15, 0.2) is 0 Å². The van der Waals surface area contributed by atoms with Crippen molar-refractivity contribution in [2.45, 2.75) is 6.92 Å². The molecule has 0 unspecified atom stereocenters. The predicted molar refractivity (Wildman–Crippen MR) is 73.8 cm³/mol. The minimum atomic E-state index is -0.512. The Morgan fingerprint density at radius 3 is 2.68 bits per heavy atom. The fourth-order valence-corrected chi connectivity index (χ4v) is 2.15. The molecule has 0 aliphatic heterocycles. The average Bonchev–Trinajstić information content (AvgIpc) is 2.25. The van der Waals surface area contributed by atoms with Gasteiger partial charge in [-0.2, -0.15) is 0 Å². The molecule has 1 heterocycles. The van der Waals surface area contributed by atoms with E-state index < -0.39 is 11.7 Å². The summed E-state index contributed by atoms with van der Waals surface area (Å²) in [6.07, 6.45) is 0. The van der Waals surface area contributed by atoms with Crippen LogP contribution >= 0.6 is 27.5 Å². The van der Waals surface area contributed by atoms with Crippen LogP contribution in [-0.2, 0) is 0 Å². The fraction of sp³-hybridized carbons (Fsp3) is 0.0833. The van der Waals surface area contributed by atoms with Crippen molar-refractivity contribution in [1.82, 2.24) is 9.97 Å². The molecule has 0 atom stereocenters. The van der Waals surface area contributed by atoms with Crippen LogP contribution in [0.5, 0.6) is 0 Å². The Kier molecular flexibility index (Phi) is 4.11. The third-order valence-corrected chi connectivity index (χ3v) is 2.82. The molecule has 0 saturated carbocycles. The van der Waals surface area contributed by atoms with Gasteiger partial charge in [-0.3, -0.25) is 10.1 Å². The molecule has 0 aliphatic rings. The summed E-state index contributed by atoms with van der Waals surface area (Å²) in [7, 11) is 0. The van der Waals surface area contributed by atoms with Gasteiger partial charge in [-0.15, -0.1) is 0 Å². The lowest BCUT2D eigenvalue weighted by molar-refractivity contribution is 0.102. The first kappa shape index (κ1) is 13.9. The Morgan fingerprint density at radius 1 is 1.32 bits per heavy atom. The summed E-state index contributed by atoms with van der Waals surface area (Å²) >= 11 is 8.88. The summed E-state index contributed by atoms with van der Waals surface area (Å²) in [4.78, 5) is 19.8. The van der Waals surface area contributed by atoms with E-state index in [1.54, 1.807) is 13.0 Å². The van der Waals surface area contributed by atoms with E-state index in [0.29, 0.717) is 10.2 Å². The zero-order valence-corrected chi connectivity index (χ0v) is 12.1. The molecule has 4 nitrogen and oxygen atoms in total. The number of nitrogens with zero attached hydrogens (tertiary/aromatic N) is 2. The number of rotatable bonds is 2. The Morgan fingerprint density at radius 2 is 2.05 bits per heavy atom. The maximum absolute atomic E-state index is 13.2. The van der Waals surface area contributed by atoms with Crippen molar-refractivity contribution in [2.24, 2.45) is 0 Å². The molecule has 1 N–H and O–H groups in total. The molecule has 7 heteroatoms. The quantitative estimate of drug-likeness (QED) is 0.847. The van der Waals surface area contributed by atoms with Gasteiger partial charge in [0, 0.05) is 15.7 Å². The topological polar surface area (TPSA) is 54.9 Å². The molecule has 19 heavy (non-hydrogen) atoms. The highest BCUT2D eigenvalue weighted by Gasteiger charge is 2.11. The van der Waals surface area contributed by atoms with Crippen molar-refractivity contribution < 1.29 is 9.18 Å². The van der Waals surface area contributed by atoms with Crippen molar-refractivity contribution in [3.63, 3.8) is 0 Å². The third kappa shape index (κ3) is 3.71. The summed E-state index contributed by atoms with van der Waals surface area (Å²) in [5.74, 6) is -0.944. The van der Waals surface area contributed by atoms with Gasteiger partial charge in [0.2, 0.25) is 5.95 Å². The van der Waals surface area contributed by atoms with Gasteiger partial charge in [-0.05, 0) is 31.2 Å². The van der Waals surface area contributed by atoms with E-state index in [-0.39, 0.29) is 16.7 Å². The van der Waals surface area contributed by atoms with Crippen molar-refractivity contribution in [1.29, 1.82) is 0 Å². The number of hydrogen-bond donors (Lipinski definition) is 1. The number of carbonyl (C=O) groups excluding carboxylic acids is 1. The number of carbonyl (C=O) groups is 1. The van der Waals surface area contributed by atoms with Crippen LogP contribution in [0.2, 0.25) is 5.15 Å². The Balaban J connectivity index is 2.25. The molecule has 1 aromatic carbocycles. The molecule has 98 valence electrons. The second kappa shape index (κ2) is 5.63. The zero-order chi connectivity index (χ0) is 14.0. The summed E-state index contributed by atoms with van der Waals surface area (Å²) in [5.41, 5.74) is 0.781. The second-order valence-electron chi connectivity index (χ2n) is 3.77. The first-order valence-corrected chi connectivity index (χ1v) is 6.40. The van der Waals surface area contributed by atoms with E-state index in [0.717, 1.165) is 6.07 Å². The number of hydrogen-bond acceptors (Lipinski definition) is 3. The molecular weight excluding hydrogens is 337 g/mol. The monoisotopic (exact) mass is 343 g/mol. The fourth-order valence-electron chi connectivity index (χ4n) is 1.44. The van der Waals surface area contributed by atoms with E-state index in [1.807, 2.05) is 0 Å². The first-order valence-electron chi connectivity index (χ1n) is 5.22. The molecule has 2 aromatic rings. The lowest BCUT2D eigenvalue weighted by Gasteiger charge is -2.05. The Labute approximate surface area is 122 Å². The van der Waals surface area contributed by atoms with Gasteiger partial charge in [0.05, 0.1) is 0 Å². The number of aromatic nitrogens is 2. The molecule has 0 aliphatic carbocycles. The van der Waals surface area contributed by atoms with Gasteiger partial charge in [0.25, 0.3) is 5.91 Å². The van der Waals surface area contributed by atoms with E-state index in [9.17, 15) is 9.18 Å². The van der Waals surface area contributed by atoms with Crippen molar-refractivity contribution in [2.75, 3.05) is 5.32 Å². The molecule has 2 rings (SSSR count). The first-order chi connectivity index (χ1) is 8.94. The van der Waals surface area contributed by atoms with Gasteiger partial charge >= 0.3 is 0 Å². The van der Waals surface area contributed by atoms with Crippen LogP contribution in [0.3, 0.4) is 0 Å². The van der Waals surface area contributed by atoms with E-state index in [4.69, 9.17) is 11.6 Å².